The molecule has 0 aliphatic heterocycles. The van der Waals surface area contributed by atoms with Crippen molar-refractivity contribution < 1.29 is 18.8 Å². The van der Waals surface area contributed by atoms with Crippen molar-refractivity contribution in [2.45, 2.75) is 13.0 Å². The summed E-state index contributed by atoms with van der Waals surface area (Å²) in [5, 5.41) is 13.2. The number of hydrogen-bond donors (Lipinski definition) is 2. The van der Waals surface area contributed by atoms with Gasteiger partial charge in [0.25, 0.3) is 5.69 Å². The minimum Gasteiger partial charge on any atom is -0.488 e. The maximum atomic E-state index is 13.5. The molecule has 0 bridgehead atoms. The molecule has 0 radical (unpaired) electrons. The maximum absolute atomic E-state index is 13.5. The van der Waals surface area contributed by atoms with Crippen molar-refractivity contribution in [3.63, 3.8) is 0 Å². The Balaban J connectivity index is 2.72. The first-order chi connectivity index (χ1) is 8.95. The SMILES string of the molecule is CCNC(COc1ccc([N+](=O)[O-])cc1F)C(N)=O. The molecule has 7 nitrogen and oxygen atoms in total. The molecule has 1 atom stereocenters. The number of nitrogens with one attached hydrogen (secondary N) is 1. The Hall–Kier alpha value is -2.22. The number of carbonyl (C=O) groups excluding carboxylic acids is 1. The van der Waals surface area contributed by atoms with Crippen LogP contribution >= 0.6 is 0 Å². The molecule has 0 aliphatic carbocycles. The monoisotopic (exact) mass is 271 g/mol. The second-order valence-electron chi connectivity index (χ2n) is 3.70. The maximum Gasteiger partial charge on any atom is 0.272 e. The van der Waals surface area contributed by atoms with Crippen molar-refractivity contribution in [3.05, 3.63) is 34.1 Å². The van der Waals surface area contributed by atoms with E-state index in [4.69, 9.17) is 10.5 Å². The zero-order valence-corrected chi connectivity index (χ0v) is 10.3. The van der Waals surface area contributed by atoms with Crippen molar-refractivity contribution in [2.24, 2.45) is 5.73 Å². The van der Waals surface area contributed by atoms with Crippen molar-refractivity contribution in [3.8, 4) is 5.75 Å². The van der Waals surface area contributed by atoms with Gasteiger partial charge in [0.1, 0.15) is 12.6 Å². The summed E-state index contributed by atoms with van der Waals surface area (Å²) in [5.74, 6) is -1.66. The van der Waals surface area contributed by atoms with E-state index in [0.717, 1.165) is 18.2 Å². The van der Waals surface area contributed by atoms with Gasteiger partial charge in [0, 0.05) is 6.07 Å². The van der Waals surface area contributed by atoms with Gasteiger partial charge < -0.3 is 15.8 Å². The van der Waals surface area contributed by atoms with Crippen molar-refractivity contribution in [1.82, 2.24) is 5.32 Å². The van der Waals surface area contributed by atoms with Crippen LogP contribution in [-0.4, -0.2) is 30.0 Å². The minimum absolute atomic E-state index is 0.155. The highest BCUT2D eigenvalue weighted by molar-refractivity contribution is 5.80. The molecule has 0 aromatic heterocycles. The molecular weight excluding hydrogens is 257 g/mol. The third kappa shape index (κ3) is 4.18. The molecule has 0 saturated heterocycles. The van der Waals surface area contributed by atoms with Gasteiger partial charge in [-0.3, -0.25) is 14.9 Å². The molecule has 0 saturated carbocycles. The average Bonchev–Trinajstić information content (AvgIpc) is 2.35. The van der Waals surface area contributed by atoms with Crippen LogP contribution in [0, 0.1) is 15.9 Å². The van der Waals surface area contributed by atoms with Crippen LogP contribution < -0.4 is 15.8 Å². The number of rotatable bonds is 7. The Morgan fingerprint density at radius 1 is 1.63 bits per heavy atom. The molecule has 1 aromatic rings. The van der Waals surface area contributed by atoms with E-state index in [1.54, 1.807) is 6.92 Å². The summed E-state index contributed by atoms with van der Waals surface area (Å²) in [5.41, 5.74) is 4.75. The minimum atomic E-state index is -0.867. The molecule has 1 unspecified atom stereocenters. The first-order valence-electron chi connectivity index (χ1n) is 5.55. The molecule has 0 fully saturated rings. The van der Waals surface area contributed by atoms with Crippen molar-refractivity contribution in [2.75, 3.05) is 13.2 Å². The van der Waals surface area contributed by atoms with Crippen LogP contribution in [0.2, 0.25) is 0 Å². The number of ether oxygens (including phenoxy) is 1. The van der Waals surface area contributed by atoms with Gasteiger partial charge in [-0.2, -0.15) is 0 Å². The highest BCUT2D eigenvalue weighted by Gasteiger charge is 2.17. The number of nitrogens with zero attached hydrogens (tertiary/aromatic N) is 1. The van der Waals surface area contributed by atoms with E-state index in [0.29, 0.717) is 6.54 Å². The van der Waals surface area contributed by atoms with Crippen LogP contribution in [0.15, 0.2) is 18.2 Å². The van der Waals surface area contributed by atoms with Gasteiger partial charge in [-0.25, -0.2) is 4.39 Å². The second kappa shape index (κ2) is 6.64. The number of nitro benzene ring substituents is 1. The third-order valence-electron chi connectivity index (χ3n) is 2.33. The molecule has 0 spiro atoms. The number of hydrogen-bond acceptors (Lipinski definition) is 5. The highest BCUT2D eigenvalue weighted by atomic mass is 19.1. The van der Waals surface area contributed by atoms with E-state index in [-0.39, 0.29) is 18.0 Å². The molecule has 0 heterocycles. The number of primary amides is 1. The Labute approximate surface area is 108 Å². The summed E-state index contributed by atoms with van der Waals surface area (Å²) in [7, 11) is 0. The molecule has 1 rings (SSSR count). The lowest BCUT2D eigenvalue weighted by atomic mass is 10.2. The van der Waals surface area contributed by atoms with Crippen molar-refractivity contribution in [1.29, 1.82) is 0 Å². The Morgan fingerprint density at radius 2 is 2.32 bits per heavy atom. The van der Waals surface area contributed by atoms with E-state index < -0.39 is 22.7 Å². The quantitative estimate of drug-likeness (QED) is 0.557. The largest absolute Gasteiger partial charge is 0.488 e. The first kappa shape index (κ1) is 14.8. The normalized spacial score (nSPS) is 11.9. The molecule has 104 valence electrons. The Morgan fingerprint density at radius 3 is 2.79 bits per heavy atom. The van der Waals surface area contributed by atoms with Gasteiger partial charge in [-0.1, -0.05) is 6.92 Å². The fourth-order valence-corrected chi connectivity index (χ4v) is 1.38. The van der Waals surface area contributed by atoms with Crippen LogP contribution in [0.25, 0.3) is 0 Å². The number of likely N-dealkylation sites (N-methyl/N-ethyl adjacent to an activating group) is 1. The highest BCUT2D eigenvalue weighted by Crippen LogP contribution is 2.22. The molecular formula is C11H14FN3O4. The average molecular weight is 271 g/mol. The summed E-state index contributed by atoms with van der Waals surface area (Å²) in [6.07, 6.45) is 0. The number of nitrogens with two attached hydrogens (primary N) is 1. The van der Waals surface area contributed by atoms with Gasteiger partial charge in [0.15, 0.2) is 11.6 Å². The van der Waals surface area contributed by atoms with Gasteiger partial charge in [0.2, 0.25) is 5.91 Å². The summed E-state index contributed by atoms with van der Waals surface area (Å²) < 4.78 is 18.6. The standard InChI is InChI=1S/C11H14FN3O4/c1-2-14-9(11(13)16)6-19-10-4-3-7(15(17)18)5-8(10)12/h3-5,9,14H,2,6H2,1H3,(H2,13,16). The summed E-state index contributed by atoms with van der Waals surface area (Å²) in [6.45, 7) is 2.13. The molecule has 3 N–H and O–H groups in total. The predicted octanol–water partition coefficient (Wildman–Crippen LogP) is 0.576. The van der Waals surface area contributed by atoms with Gasteiger partial charge in [-0.05, 0) is 12.6 Å². The number of non-ortho nitro benzene ring substituents is 1. The molecule has 8 heteroatoms. The van der Waals surface area contributed by atoms with Crippen molar-refractivity contribution >= 4 is 11.6 Å². The third-order valence-corrected chi connectivity index (χ3v) is 2.33. The lowest BCUT2D eigenvalue weighted by Crippen LogP contribution is -2.45. The smallest absolute Gasteiger partial charge is 0.272 e. The lowest BCUT2D eigenvalue weighted by molar-refractivity contribution is -0.385. The number of carbonyl (C=O) groups is 1. The fraction of sp³-hybridized carbons (Fsp3) is 0.364. The number of nitro groups is 1. The Bertz CT molecular complexity index is 481. The zero-order valence-electron chi connectivity index (χ0n) is 10.3. The number of amides is 1. The fourth-order valence-electron chi connectivity index (χ4n) is 1.38. The lowest BCUT2D eigenvalue weighted by Gasteiger charge is -2.15. The Kier molecular flexibility index (Phi) is 5.19. The topological polar surface area (TPSA) is 107 Å². The summed E-state index contributed by atoms with van der Waals surface area (Å²) in [4.78, 5) is 20.8. The zero-order chi connectivity index (χ0) is 14.4. The predicted molar refractivity (Wildman–Crippen MR) is 65.2 cm³/mol. The summed E-state index contributed by atoms with van der Waals surface area (Å²) >= 11 is 0. The van der Waals surface area contributed by atoms with Gasteiger partial charge >= 0.3 is 0 Å². The molecule has 1 amide bonds. The van der Waals surface area contributed by atoms with E-state index in [1.807, 2.05) is 0 Å². The molecule has 1 aromatic carbocycles. The van der Waals surface area contributed by atoms with E-state index >= 15 is 0 Å². The van der Waals surface area contributed by atoms with E-state index in [9.17, 15) is 19.3 Å². The van der Waals surface area contributed by atoms with Crippen LogP contribution in [0.1, 0.15) is 6.92 Å². The summed E-state index contributed by atoms with van der Waals surface area (Å²) in [6, 6.07) is 2.25. The van der Waals surface area contributed by atoms with E-state index in [2.05, 4.69) is 5.32 Å². The second-order valence-corrected chi connectivity index (χ2v) is 3.70. The number of benzene rings is 1. The van der Waals surface area contributed by atoms with Crippen LogP contribution in [0.3, 0.4) is 0 Å². The first-order valence-corrected chi connectivity index (χ1v) is 5.55. The van der Waals surface area contributed by atoms with Crippen LogP contribution in [0.5, 0.6) is 5.75 Å². The molecule has 0 aliphatic rings. The van der Waals surface area contributed by atoms with Crippen LogP contribution in [-0.2, 0) is 4.79 Å². The molecule has 19 heavy (non-hydrogen) atoms. The van der Waals surface area contributed by atoms with Gasteiger partial charge in [-0.15, -0.1) is 0 Å². The van der Waals surface area contributed by atoms with E-state index in [1.165, 1.54) is 0 Å². The van der Waals surface area contributed by atoms with Crippen LogP contribution in [0.4, 0.5) is 10.1 Å². The number of halogens is 1. The van der Waals surface area contributed by atoms with Gasteiger partial charge in [0.05, 0.1) is 11.0 Å².